The summed E-state index contributed by atoms with van der Waals surface area (Å²) in [6.45, 7) is 3.93. The topological polar surface area (TPSA) is 36.1 Å². The number of benzene rings is 1. The summed E-state index contributed by atoms with van der Waals surface area (Å²) in [6.07, 6.45) is 0. The van der Waals surface area contributed by atoms with E-state index >= 15 is 0 Å². The first kappa shape index (κ1) is 9.46. The van der Waals surface area contributed by atoms with Gasteiger partial charge in [0.25, 0.3) is 5.91 Å². The Labute approximate surface area is 94.1 Å². The fourth-order valence-electron chi connectivity index (χ4n) is 2.22. The molecule has 1 aliphatic heterocycles. The minimum Gasteiger partial charge on any atom is -0.351 e. The molecule has 3 heteroatoms. The SMILES string of the molecule is CC1CN(C(=O)c2cc3ccccc3[nH]2)C1. The molecular weight excluding hydrogens is 200 g/mol. The van der Waals surface area contributed by atoms with Crippen LogP contribution in [0.5, 0.6) is 0 Å². The van der Waals surface area contributed by atoms with Gasteiger partial charge < -0.3 is 9.88 Å². The summed E-state index contributed by atoms with van der Waals surface area (Å²) in [7, 11) is 0. The number of rotatable bonds is 1. The zero-order chi connectivity index (χ0) is 11.1. The van der Waals surface area contributed by atoms with Crippen molar-refractivity contribution in [3.8, 4) is 0 Å². The van der Waals surface area contributed by atoms with Crippen LogP contribution < -0.4 is 0 Å². The highest BCUT2D eigenvalue weighted by molar-refractivity contribution is 5.98. The Morgan fingerprint density at radius 2 is 2.12 bits per heavy atom. The van der Waals surface area contributed by atoms with Crippen molar-refractivity contribution in [1.82, 2.24) is 9.88 Å². The molecule has 2 heterocycles. The van der Waals surface area contributed by atoms with Gasteiger partial charge in [-0.2, -0.15) is 0 Å². The Balaban J connectivity index is 1.91. The van der Waals surface area contributed by atoms with E-state index in [4.69, 9.17) is 0 Å². The van der Waals surface area contributed by atoms with Crippen molar-refractivity contribution in [2.75, 3.05) is 13.1 Å². The number of carbonyl (C=O) groups is 1. The number of amides is 1. The van der Waals surface area contributed by atoms with Gasteiger partial charge in [0.2, 0.25) is 0 Å². The quantitative estimate of drug-likeness (QED) is 0.776. The maximum atomic E-state index is 12.0. The molecule has 1 aromatic heterocycles. The smallest absolute Gasteiger partial charge is 0.270 e. The minimum absolute atomic E-state index is 0.120. The van der Waals surface area contributed by atoms with E-state index in [1.165, 1.54) is 0 Å². The van der Waals surface area contributed by atoms with Crippen molar-refractivity contribution >= 4 is 16.8 Å². The van der Waals surface area contributed by atoms with Crippen LogP contribution >= 0.6 is 0 Å². The van der Waals surface area contributed by atoms with E-state index in [1.54, 1.807) is 0 Å². The van der Waals surface area contributed by atoms with Crippen molar-refractivity contribution in [3.63, 3.8) is 0 Å². The van der Waals surface area contributed by atoms with Gasteiger partial charge >= 0.3 is 0 Å². The van der Waals surface area contributed by atoms with Crippen LogP contribution in [0.1, 0.15) is 17.4 Å². The number of aromatic amines is 1. The van der Waals surface area contributed by atoms with Crippen LogP contribution in [0.25, 0.3) is 10.9 Å². The zero-order valence-corrected chi connectivity index (χ0v) is 9.23. The number of nitrogens with zero attached hydrogens (tertiary/aromatic N) is 1. The molecule has 1 amide bonds. The predicted octanol–water partition coefficient (Wildman–Crippen LogP) is 2.26. The molecule has 1 fully saturated rings. The van der Waals surface area contributed by atoms with Gasteiger partial charge in [-0.05, 0) is 18.1 Å². The lowest BCUT2D eigenvalue weighted by Crippen LogP contribution is -2.48. The highest BCUT2D eigenvalue weighted by Gasteiger charge is 2.28. The molecule has 1 aliphatic rings. The van der Waals surface area contributed by atoms with Crippen molar-refractivity contribution < 1.29 is 4.79 Å². The molecule has 0 unspecified atom stereocenters. The van der Waals surface area contributed by atoms with Crippen molar-refractivity contribution in [2.45, 2.75) is 6.92 Å². The fraction of sp³-hybridized carbons (Fsp3) is 0.308. The number of fused-ring (bicyclic) bond motifs is 1. The van der Waals surface area contributed by atoms with Gasteiger partial charge in [-0.3, -0.25) is 4.79 Å². The number of aromatic nitrogens is 1. The molecule has 0 spiro atoms. The molecular formula is C13H14N2O. The summed E-state index contributed by atoms with van der Waals surface area (Å²) < 4.78 is 0. The first-order valence-electron chi connectivity index (χ1n) is 5.61. The lowest BCUT2D eigenvalue weighted by atomic mass is 10.0. The van der Waals surface area contributed by atoms with Gasteiger partial charge in [0.05, 0.1) is 0 Å². The third kappa shape index (κ3) is 1.40. The standard InChI is InChI=1S/C13H14N2O/c1-9-7-15(8-9)13(16)12-6-10-4-2-3-5-11(10)14-12/h2-6,9,14H,7-8H2,1H3. The van der Waals surface area contributed by atoms with E-state index in [-0.39, 0.29) is 5.91 Å². The second-order valence-corrected chi connectivity index (χ2v) is 4.59. The highest BCUT2D eigenvalue weighted by Crippen LogP contribution is 2.20. The molecule has 1 aromatic carbocycles. The molecule has 1 saturated heterocycles. The van der Waals surface area contributed by atoms with E-state index in [2.05, 4.69) is 11.9 Å². The average Bonchev–Trinajstić information content (AvgIpc) is 2.67. The summed E-state index contributed by atoms with van der Waals surface area (Å²) in [5.41, 5.74) is 1.73. The Morgan fingerprint density at radius 1 is 1.38 bits per heavy atom. The third-order valence-electron chi connectivity index (χ3n) is 3.11. The summed E-state index contributed by atoms with van der Waals surface area (Å²) >= 11 is 0. The van der Waals surface area contributed by atoms with E-state index < -0.39 is 0 Å². The van der Waals surface area contributed by atoms with Crippen LogP contribution in [0.2, 0.25) is 0 Å². The van der Waals surface area contributed by atoms with E-state index in [1.807, 2.05) is 35.2 Å². The number of hydrogen-bond acceptors (Lipinski definition) is 1. The third-order valence-corrected chi connectivity index (χ3v) is 3.11. The van der Waals surface area contributed by atoms with E-state index in [9.17, 15) is 4.79 Å². The summed E-state index contributed by atoms with van der Waals surface area (Å²) in [5.74, 6) is 0.766. The number of para-hydroxylation sites is 1. The van der Waals surface area contributed by atoms with Gasteiger partial charge in [0, 0.05) is 24.0 Å². The minimum atomic E-state index is 0.120. The molecule has 0 bridgehead atoms. The van der Waals surface area contributed by atoms with Gasteiger partial charge in [0.15, 0.2) is 0 Å². The molecule has 16 heavy (non-hydrogen) atoms. The molecule has 3 rings (SSSR count). The molecule has 3 nitrogen and oxygen atoms in total. The first-order chi connectivity index (χ1) is 7.74. The number of nitrogens with one attached hydrogen (secondary N) is 1. The van der Waals surface area contributed by atoms with Gasteiger partial charge in [-0.15, -0.1) is 0 Å². The Hall–Kier alpha value is -1.77. The van der Waals surface area contributed by atoms with Crippen LogP contribution in [0.4, 0.5) is 0 Å². The number of carbonyl (C=O) groups excluding carboxylic acids is 1. The van der Waals surface area contributed by atoms with Crippen LogP contribution in [-0.4, -0.2) is 28.9 Å². The number of hydrogen-bond donors (Lipinski definition) is 1. The molecule has 2 aromatic rings. The Morgan fingerprint density at radius 3 is 2.81 bits per heavy atom. The second kappa shape index (κ2) is 3.37. The van der Waals surface area contributed by atoms with Crippen LogP contribution in [0.15, 0.2) is 30.3 Å². The number of likely N-dealkylation sites (tertiary alicyclic amines) is 1. The van der Waals surface area contributed by atoms with Crippen LogP contribution in [0, 0.1) is 5.92 Å². The summed E-state index contributed by atoms with van der Waals surface area (Å²) in [6, 6.07) is 9.89. The number of H-pyrrole nitrogens is 1. The lowest BCUT2D eigenvalue weighted by Gasteiger charge is -2.36. The van der Waals surface area contributed by atoms with Crippen molar-refractivity contribution in [3.05, 3.63) is 36.0 Å². The highest BCUT2D eigenvalue weighted by atomic mass is 16.2. The molecule has 0 saturated carbocycles. The Bertz CT molecular complexity index is 505. The van der Waals surface area contributed by atoms with E-state index in [0.717, 1.165) is 24.0 Å². The normalized spacial score (nSPS) is 16.4. The maximum Gasteiger partial charge on any atom is 0.270 e. The molecule has 0 atom stereocenters. The van der Waals surface area contributed by atoms with Crippen molar-refractivity contribution in [1.29, 1.82) is 0 Å². The molecule has 0 radical (unpaired) electrons. The molecule has 1 N–H and O–H groups in total. The van der Waals surface area contributed by atoms with Gasteiger partial charge in [0.1, 0.15) is 5.69 Å². The van der Waals surface area contributed by atoms with Gasteiger partial charge in [-0.25, -0.2) is 0 Å². The largest absolute Gasteiger partial charge is 0.351 e. The average molecular weight is 214 g/mol. The first-order valence-corrected chi connectivity index (χ1v) is 5.61. The second-order valence-electron chi connectivity index (χ2n) is 4.59. The van der Waals surface area contributed by atoms with Crippen LogP contribution in [0.3, 0.4) is 0 Å². The van der Waals surface area contributed by atoms with E-state index in [0.29, 0.717) is 11.6 Å². The zero-order valence-electron chi connectivity index (χ0n) is 9.23. The summed E-state index contributed by atoms with van der Waals surface area (Å²) in [4.78, 5) is 17.1. The van der Waals surface area contributed by atoms with Gasteiger partial charge in [-0.1, -0.05) is 25.1 Å². The maximum absolute atomic E-state index is 12.0. The fourth-order valence-corrected chi connectivity index (χ4v) is 2.22. The monoisotopic (exact) mass is 214 g/mol. The Kier molecular flexibility index (Phi) is 1.99. The molecule has 82 valence electrons. The molecule has 0 aliphatic carbocycles. The summed E-state index contributed by atoms with van der Waals surface area (Å²) in [5, 5.41) is 1.10. The predicted molar refractivity (Wildman–Crippen MR) is 63.4 cm³/mol. The lowest BCUT2D eigenvalue weighted by molar-refractivity contribution is 0.0525. The van der Waals surface area contributed by atoms with Crippen LogP contribution in [-0.2, 0) is 0 Å². The van der Waals surface area contributed by atoms with Crippen molar-refractivity contribution in [2.24, 2.45) is 5.92 Å².